The standard InChI is InChI=1S/C13H22O2/c1-12(2)6-4-7-13(14,9-8-12)11-5-3-10-15-11/h5,14H,3-4,6-10H2,1-2H3. The fourth-order valence-corrected chi connectivity index (χ4v) is 2.64. The van der Waals surface area contributed by atoms with Gasteiger partial charge in [0.2, 0.25) is 0 Å². The molecule has 0 radical (unpaired) electrons. The molecule has 0 spiro atoms. The first kappa shape index (κ1) is 11.0. The molecule has 2 heteroatoms. The van der Waals surface area contributed by atoms with Crippen LogP contribution in [0.1, 0.15) is 52.4 Å². The quantitative estimate of drug-likeness (QED) is 0.674. The molecule has 2 nitrogen and oxygen atoms in total. The SMILES string of the molecule is CC1(C)CCCC(O)(C2=CCCO2)CC1. The summed E-state index contributed by atoms with van der Waals surface area (Å²) in [5, 5.41) is 10.6. The summed E-state index contributed by atoms with van der Waals surface area (Å²) in [5.74, 6) is 0.847. The Kier molecular flexibility index (Phi) is 2.80. The van der Waals surface area contributed by atoms with Crippen LogP contribution in [0.2, 0.25) is 0 Å². The Balaban J connectivity index is 2.09. The maximum atomic E-state index is 10.6. The Bertz CT molecular complexity index is 268. The Labute approximate surface area is 92.3 Å². The van der Waals surface area contributed by atoms with Gasteiger partial charge in [0.05, 0.1) is 6.61 Å². The summed E-state index contributed by atoms with van der Waals surface area (Å²) in [6, 6.07) is 0. The highest BCUT2D eigenvalue weighted by atomic mass is 16.5. The number of hydrogen-bond acceptors (Lipinski definition) is 2. The van der Waals surface area contributed by atoms with Crippen LogP contribution in [0.15, 0.2) is 11.8 Å². The lowest BCUT2D eigenvalue weighted by Crippen LogP contribution is -2.31. The van der Waals surface area contributed by atoms with E-state index in [1.165, 1.54) is 6.42 Å². The highest BCUT2D eigenvalue weighted by Crippen LogP contribution is 2.42. The van der Waals surface area contributed by atoms with Crippen molar-refractivity contribution in [1.82, 2.24) is 0 Å². The molecule has 0 aromatic rings. The van der Waals surface area contributed by atoms with Crippen LogP contribution in [-0.4, -0.2) is 17.3 Å². The van der Waals surface area contributed by atoms with Crippen LogP contribution in [0.4, 0.5) is 0 Å². The maximum Gasteiger partial charge on any atom is 0.124 e. The van der Waals surface area contributed by atoms with E-state index in [0.29, 0.717) is 5.41 Å². The molecular weight excluding hydrogens is 188 g/mol. The summed E-state index contributed by atoms with van der Waals surface area (Å²) >= 11 is 0. The largest absolute Gasteiger partial charge is 0.495 e. The predicted octanol–water partition coefficient (Wildman–Crippen LogP) is 3.01. The fraction of sp³-hybridized carbons (Fsp3) is 0.846. The van der Waals surface area contributed by atoms with Crippen molar-refractivity contribution in [2.75, 3.05) is 6.61 Å². The molecule has 1 fully saturated rings. The molecule has 86 valence electrons. The Morgan fingerprint density at radius 2 is 2.00 bits per heavy atom. The minimum Gasteiger partial charge on any atom is -0.495 e. The number of ether oxygens (including phenoxy) is 1. The van der Waals surface area contributed by atoms with Crippen LogP contribution in [-0.2, 0) is 4.74 Å². The van der Waals surface area contributed by atoms with E-state index in [1.807, 2.05) is 0 Å². The van der Waals surface area contributed by atoms with Gasteiger partial charge in [-0.1, -0.05) is 13.8 Å². The Hall–Kier alpha value is -0.500. The summed E-state index contributed by atoms with van der Waals surface area (Å²) in [6.45, 7) is 5.34. The van der Waals surface area contributed by atoms with Crippen LogP contribution in [0, 0.1) is 5.41 Å². The molecule has 2 aliphatic rings. The number of aliphatic hydroxyl groups is 1. The molecule has 1 unspecified atom stereocenters. The van der Waals surface area contributed by atoms with Crippen LogP contribution in [0.25, 0.3) is 0 Å². The first-order chi connectivity index (χ1) is 7.02. The van der Waals surface area contributed by atoms with Gasteiger partial charge in [0, 0.05) is 6.42 Å². The van der Waals surface area contributed by atoms with E-state index >= 15 is 0 Å². The van der Waals surface area contributed by atoms with Gasteiger partial charge < -0.3 is 9.84 Å². The summed E-state index contributed by atoms with van der Waals surface area (Å²) in [6.07, 6.45) is 8.14. The van der Waals surface area contributed by atoms with E-state index in [-0.39, 0.29) is 0 Å². The molecule has 1 aliphatic heterocycles. The van der Waals surface area contributed by atoms with Crippen LogP contribution in [0.5, 0.6) is 0 Å². The second kappa shape index (κ2) is 3.82. The molecule has 1 N–H and O–H groups in total. The van der Waals surface area contributed by atoms with Crippen LogP contribution < -0.4 is 0 Å². The van der Waals surface area contributed by atoms with Crippen molar-refractivity contribution in [2.45, 2.75) is 58.0 Å². The molecule has 1 heterocycles. The van der Waals surface area contributed by atoms with Gasteiger partial charge in [0.15, 0.2) is 0 Å². The molecule has 0 bridgehead atoms. The van der Waals surface area contributed by atoms with Crippen LogP contribution >= 0.6 is 0 Å². The zero-order valence-electron chi connectivity index (χ0n) is 9.88. The van der Waals surface area contributed by atoms with Gasteiger partial charge in [-0.2, -0.15) is 0 Å². The Morgan fingerprint density at radius 3 is 2.67 bits per heavy atom. The monoisotopic (exact) mass is 210 g/mol. The van der Waals surface area contributed by atoms with E-state index in [2.05, 4.69) is 19.9 Å². The molecule has 0 saturated heterocycles. The van der Waals surface area contributed by atoms with Gasteiger partial charge in [-0.15, -0.1) is 0 Å². The lowest BCUT2D eigenvalue weighted by atomic mass is 9.84. The van der Waals surface area contributed by atoms with Crippen molar-refractivity contribution in [3.8, 4) is 0 Å². The third-order valence-electron chi connectivity index (χ3n) is 3.82. The average Bonchev–Trinajstić information content (AvgIpc) is 2.64. The van der Waals surface area contributed by atoms with Crippen molar-refractivity contribution < 1.29 is 9.84 Å². The second-order valence-electron chi connectivity index (χ2n) is 5.75. The van der Waals surface area contributed by atoms with E-state index < -0.39 is 5.60 Å². The predicted molar refractivity (Wildman–Crippen MR) is 60.5 cm³/mol. The highest BCUT2D eigenvalue weighted by molar-refractivity contribution is 5.14. The minimum absolute atomic E-state index is 0.379. The van der Waals surface area contributed by atoms with Gasteiger partial charge >= 0.3 is 0 Å². The zero-order valence-corrected chi connectivity index (χ0v) is 9.88. The molecule has 1 atom stereocenters. The molecule has 1 saturated carbocycles. The van der Waals surface area contributed by atoms with Crippen molar-refractivity contribution >= 4 is 0 Å². The third kappa shape index (κ3) is 2.36. The first-order valence-corrected chi connectivity index (χ1v) is 6.08. The van der Waals surface area contributed by atoms with Crippen molar-refractivity contribution in [1.29, 1.82) is 0 Å². The highest BCUT2D eigenvalue weighted by Gasteiger charge is 2.38. The van der Waals surface area contributed by atoms with Gasteiger partial charge in [0.25, 0.3) is 0 Å². The van der Waals surface area contributed by atoms with Crippen molar-refractivity contribution in [3.05, 3.63) is 11.8 Å². The lowest BCUT2D eigenvalue weighted by molar-refractivity contribution is 0.00501. The maximum absolute atomic E-state index is 10.6. The molecule has 0 aromatic heterocycles. The summed E-state index contributed by atoms with van der Waals surface area (Å²) in [7, 11) is 0. The summed E-state index contributed by atoms with van der Waals surface area (Å²) in [5.41, 5.74) is -0.284. The molecule has 0 amide bonds. The van der Waals surface area contributed by atoms with Gasteiger partial charge in [0.1, 0.15) is 11.4 Å². The first-order valence-electron chi connectivity index (χ1n) is 6.08. The normalized spacial score (nSPS) is 35.5. The smallest absolute Gasteiger partial charge is 0.124 e. The second-order valence-corrected chi connectivity index (χ2v) is 5.75. The van der Waals surface area contributed by atoms with Gasteiger partial charge in [-0.3, -0.25) is 0 Å². The van der Waals surface area contributed by atoms with E-state index in [1.54, 1.807) is 0 Å². The van der Waals surface area contributed by atoms with E-state index in [0.717, 1.165) is 44.5 Å². The topological polar surface area (TPSA) is 29.5 Å². The van der Waals surface area contributed by atoms with Crippen molar-refractivity contribution in [3.63, 3.8) is 0 Å². The third-order valence-corrected chi connectivity index (χ3v) is 3.82. The van der Waals surface area contributed by atoms with Crippen LogP contribution in [0.3, 0.4) is 0 Å². The molecule has 0 aromatic carbocycles. The molecular formula is C13H22O2. The fourth-order valence-electron chi connectivity index (χ4n) is 2.64. The van der Waals surface area contributed by atoms with E-state index in [4.69, 9.17) is 4.74 Å². The van der Waals surface area contributed by atoms with Crippen molar-refractivity contribution in [2.24, 2.45) is 5.41 Å². The number of rotatable bonds is 1. The molecule has 2 rings (SSSR count). The minimum atomic E-state index is -0.662. The molecule has 15 heavy (non-hydrogen) atoms. The zero-order chi connectivity index (χ0) is 10.9. The van der Waals surface area contributed by atoms with Gasteiger partial charge in [-0.25, -0.2) is 0 Å². The average molecular weight is 210 g/mol. The van der Waals surface area contributed by atoms with Gasteiger partial charge in [-0.05, 0) is 43.6 Å². The van der Waals surface area contributed by atoms with E-state index in [9.17, 15) is 5.11 Å². The summed E-state index contributed by atoms with van der Waals surface area (Å²) in [4.78, 5) is 0. The Morgan fingerprint density at radius 1 is 1.20 bits per heavy atom. The summed E-state index contributed by atoms with van der Waals surface area (Å²) < 4.78 is 5.53. The number of hydrogen-bond donors (Lipinski definition) is 1. The molecule has 1 aliphatic carbocycles. The lowest BCUT2D eigenvalue weighted by Gasteiger charge is -2.28.